The molecule has 0 aliphatic carbocycles. The van der Waals surface area contributed by atoms with Gasteiger partial charge >= 0.3 is 0 Å². The summed E-state index contributed by atoms with van der Waals surface area (Å²) in [5.74, 6) is 1.85. The van der Waals surface area contributed by atoms with Crippen LogP contribution in [0.3, 0.4) is 0 Å². The van der Waals surface area contributed by atoms with Crippen molar-refractivity contribution >= 4 is 5.91 Å². The van der Waals surface area contributed by atoms with Crippen molar-refractivity contribution in [3.05, 3.63) is 34.7 Å². The van der Waals surface area contributed by atoms with E-state index in [2.05, 4.69) is 15.1 Å². The van der Waals surface area contributed by atoms with Crippen LogP contribution in [-0.2, 0) is 0 Å². The first kappa shape index (κ1) is 12.9. The Labute approximate surface area is 117 Å². The lowest BCUT2D eigenvalue weighted by Gasteiger charge is -2.15. The minimum Gasteiger partial charge on any atom is -0.361 e. The maximum atomic E-state index is 12.5. The number of carbonyl (C=O) groups is 1. The van der Waals surface area contributed by atoms with Gasteiger partial charge in [0.05, 0.1) is 5.69 Å². The van der Waals surface area contributed by atoms with Gasteiger partial charge in [-0.15, -0.1) is 0 Å². The third-order valence-electron chi connectivity index (χ3n) is 3.83. The molecule has 1 fully saturated rings. The summed E-state index contributed by atoms with van der Waals surface area (Å²) in [5.41, 5.74) is 2.31. The molecule has 0 bridgehead atoms. The van der Waals surface area contributed by atoms with Gasteiger partial charge in [0, 0.05) is 30.9 Å². The molecule has 3 rings (SSSR count). The fourth-order valence-corrected chi connectivity index (χ4v) is 2.75. The van der Waals surface area contributed by atoms with Crippen LogP contribution in [0.25, 0.3) is 0 Å². The predicted molar refractivity (Wildman–Crippen MR) is 72.6 cm³/mol. The molecule has 0 aromatic carbocycles. The van der Waals surface area contributed by atoms with Gasteiger partial charge in [0.15, 0.2) is 0 Å². The summed E-state index contributed by atoms with van der Waals surface area (Å²) in [6.07, 6.45) is 2.76. The first-order valence-corrected chi connectivity index (χ1v) is 6.80. The van der Waals surface area contributed by atoms with Crippen molar-refractivity contribution in [2.45, 2.75) is 33.1 Å². The van der Waals surface area contributed by atoms with E-state index in [4.69, 9.17) is 4.52 Å². The van der Waals surface area contributed by atoms with E-state index in [0.717, 1.165) is 24.5 Å². The Hall–Kier alpha value is -2.11. The summed E-state index contributed by atoms with van der Waals surface area (Å²) in [6, 6.07) is 0. The minimum absolute atomic E-state index is 0.00651. The number of amides is 1. The number of H-pyrrole nitrogens is 1. The second-order valence-corrected chi connectivity index (χ2v) is 5.39. The summed E-state index contributed by atoms with van der Waals surface area (Å²) >= 11 is 0. The van der Waals surface area contributed by atoms with Crippen molar-refractivity contribution in [3.8, 4) is 0 Å². The van der Waals surface area contributed by atoms with E-state index in [1.54, 1.807) is 13.8 Å². The number of carbonyl (C=O) groups excluding carboxylic acids is 1. The van der Waals surface area contributed by atoms with Gasteiger partial charge in [-0.1, -0.05) is 5.16 Å². The topological polar surface area (TPSA) is 75.0 Å². The molecule has 2 aromatic heterocycles. The highest BCUT2D eigenvalue weighted by Gasteiger charge is 2.32. The van der Waals surface area contributed by atoms with E-state index < -0.39 is 0 Å². The zero-order valence-electron chi connectivity index (χ0n) is 11.9. The molecule has 1 aliphatic heterocycles. The number of nitrogens with zero attached hydrogens (tertiary/aromatic N) is 3. The van der Waals surface area contributed by atoms with Gasteiger partial charge in [-0.05, 0) is 27.2 Å². The quantitative estimate of drug-likeness (QED) is 0.908. The predicted octanol–water partition coefficient (Wildman–Crippen LogP) is 1.95. The summed E-state index contributed by atoms with van der Waals surface area (Å²) < 4.78 is 5.07. The molecule has 0 spiro atoms. The second-order valence-electron chi connectivity index (χ2n) is 5.39. The van der Waals surface area contributed by atoms with Gasteiger partial charge in [-0.3, -0.25) is 4.79 Å². The molecule has 6 heteroatoms. The number of likely N-dealkylation sites (tertiary alicyclic amines) is 1. The van der Waals surface area contributed by atoms with Crippen LogP contribution in [0.5, 0.6) is 0 Å². The van der Waals surface area contributed by atoms with Gasteiger partial charge in [0.2, 0.25) is 0 Å². The van der Waals surface area contributed by atoms with E-state index in [1.165, 1.54) is 0 Å². The molecular formula is C14H18N4O2. The van der Waals surface area contributed by atoms with Crippen LogP contribution in [0.15, 0.2) is 10.7 Å². The highest BCUT2D eigenvalue weighted by atomic mass is 16.5. The number of rotatable bonds is 2. The zero-order valence-corrected chi connectivity index (χ0v) is 11.9. The maximum absolute atomic E-state index is 12.5. The van der Waals surface area contributed by atoms with Crippen molar-refractivity contribution in [2.24, 2.45) is 0 Å². The molecule has 1 amide bonds. The average molecular weight is 274 g/mol. The average Bonchev–Trinajstić information content (AvgIpc) is 3.10. The Morgan fingerprint density at radius 2 is 2.25 bits per heavy atom. The summed E-state index contributed by atoms with van der Waals surface area (Å²) in [4.78, 5) is 22.0. The molecule has 1 saturated heterocycles. The molecule has 2 aromatic rings. The lowest BCUT2D eigenvalue weighted by atomic mass is 10.1. The largest absolute Gasteiger partial charge is 0.361 e. The smallest absolute Gasteiger partial charge is 0.259 e. The third kappa shape index (κ3) is 2.11. The zero-order chi connectivity index (χ0) is 14.3. The molecule has 1 N–H and O–H groups in total. The van der Waals surface area contributed by atoms with Crippen LogP contribution >= 0.6 is 0 Å². The minimum atomic E-state index is 0.00651. The van der Waals surface area contributed by atoms with Crippen LogP contribution in [0.2, 0.25) is 0 Å². The summed E-state index contributed by atoms with van der Waals surface area (Å²) in [6.45, 7) is 6.99. The first-order valence-electron chi connectivity index (χ1n) is 6.80. The molecule has 3 heterocycles. The number of hydrogen-bond acceptors (Lipinski definition) is 4. The Balaban J connectivity index is 1.76. The number of imidazole rings is 1. The van der Waals surface area contributed by atoms with E-state index in [0.29, 0.717) is 23.6 Å². The number of aromatic amines is 1. The molecule has 1 atom stereocenters. The molecule has 20 heavy (non-hydrogen) atoms. The van der Waals surface area contributed by atoms with E-state index in [1.807, 2.05) is 18.0 Å². The monoisotopic (exact) mass is 274 g/mol. The van der Waals surface area contributed by atoms with E-state index in [9.17, 15) is 4.79 Å². The van der Waals surface area contributed by atoms with Gasteiger partial charge in [0.25, 0.3) is 5.91 Å². The third-order valence-corrected chi connectivity index (χ3v) is 3.83. The lowest BCUT2D eigenvalue weighted by Crippen LogP contribution is -2.29. The Morgan fingerprint density at radius 3 is 2.85 bits per heavy atom. The molecular weight excluding hydrogens is 256 g/mol. The fourth-order valence-electron chi connectivity index (χ4n) is 2.75. The summed E-state index contributed by atoms with van der Waals surface area (Å²) in [7, 11) is 0. The number of aromatic nitrogens is 3. The van der Waals surface area contributed by atoms with Gasteiger partial charge in [-0.2, -0.15) is 0 Å². The Morgan fingerprint density at radius 1 is 1.45 bits per heavy atom. The molecule has 106 valence electrons. The fraction of sp³-hybridized carbons (Fsp3) is 0.500. The highest BCUT2D eigenvalue weighted by molar-refractivity contribution is 5.96. The van der Waals surface area contributed by atoms with Crippen molar-refractivity contribution in [1.82, 2.24) is 20.0 Å². The molecule has 1 aliphatic rings. The highest BCUT2D eigenvalue weighted by Crippen LogP contribution is 2.27. The summed E-state index contributed by atoms with van der Waals surface area (Å²) in [5, 5.41) is 3.85. The lowest BCUT2D eigenvalue weighted by molar-refractivity contribution is 0.0788. The van der Waals surface area contributed by atoms with E-state index >= 15 is 0 Å². The second kappa shape index (κ2) is 4.77. The van der Waals surface area contributed by atoms with Crippen molar-refractivity contribution in [2.75, 3.05) is 13.1 Å². The number of hydrogen-bond donors (Lipinski definition) is 1. The van der Waals surface area contributed by atoms with Crippen molar-refractivity contribution in [1.29, 1.82) is 0 Å². The van der Waals surface area contributed by atoms with Gasteiger partial charge < -0.3 is 14.4 Å². The molecule has 0 saturated carbocycles. The van der Waals surface area contributed by atoms with Crippen LogP contribution in [0.1, 0.15) is 45.7 Å². The normalized spacial score (nSPS) is 18.8. The van der Waals surface area contributed by atoms with Crippen LogP contribution in [0.4, 0.5) is 0 Å². The molecule has 0 radical (unpaired) electrons. The standard InChI is InChI=1S/C14H18N4O2/c1-8-6-15-13(16-8)11-4-5-18(7-11)14(19)12-9(2)17-20-10(12)3/h6,11H,4-5,7H2,1-3H3,(H,15,16)/t11-/m1/s1. The van der Waals surface area contributed by atoms with Crippen LogP contribution < -0.4 is 0 Å². The van der Waals surface area contributed by atoms with Crippen LogP contribution in [0, 0.1) is 20.8 Å². The van der Waals surface area contributed by atoms with Gasteiger partial charge in [0.1, 0.15) is 17.1 Å². The SMILES string of the molecule is Cc1cnc([C@@H]2CCN(C(=O)c3c(C)noc3C)C2)[nH]1. The Kier molecular flexibility index (Phi) is 3.08. The maximum Gasteiger partial charge on any atom is 0.259 e. The molecule has 0 unspecified atom stereocenters. The van der Waals surface area contributed by atoms with Crippen molar-refractivity contribution in [3.63, 3.8) is 0 Å². The van der Waals surface area contributed by atoms with E-state index in [-0.39, 0.29) is 11.8 Å². The number of aryl methyl sites for hydroxylation is 3. The molecule has 6 nitrogen and oxygen atoms in total. The first-order chi connectivity index (χ1) is 9.56. The Bertz CT molecular complexity index is 624. The number of nitrogens with one attached hydrogen (secondary N) is 1. The van der Waals surface area contributed by atoms with Crippen LogP contribution in [-0.4, -0.2) is 39.0 Å². The van der Waals surface area contributed by atoms with Crippen molar-refractivity contribution < 1.29 is 9.32 Å². The van der Waals surface area contributed by atoms with Gasteiger partial charge in [-0.25, -0.2) is 4.98 Å².